The van der Waals surface area contributed by atoms with Gasteiger partial charge in [-0.1, -0.05) is 44.2 Å². The smallest absolute Gasteiger partial charge is 0.326 e. The summed E-state index contributed by atoms with van der Waals surface area (Å²) in [4.78, 5) is 50.8. The van der Waals surface area contributed by atoms with Gasteiger partial charge in [-0.25, -0.2) is 4.79 Å². The lowest BCUT2D eigenvalue weighted by molar-refractivity contribution is -0.144. The third-order valence-electron chi connectivity index (χ3n) is 5.50. The minimum atomic E-state index is -1.33. The van der Waals surface area contributed by atoms with Crippen molar-refractivity contribution >= 4 is 23.7 Å². The first-order valence-corrected chi connectivity index (χ1v) is 10.7. The van der Waals surface area contributed by atoms with E-state index in [0.29, 0.717) is 25.8 Å². The molecule has 0 spiro atoms. The quantitative estimate of drug-likeness (QED) is 0.314. The second kappa shape index (κ2) is 11.6. The highest BCUT2D eigenvalue weighted by Crippen LogP contribution is 2.19. The molecule has 0 radical (unpaired) electrons. The number of carbonyl (C=O) groups excluding carboxylic acids is 3. The molecule has 2 rings (SSSR count). The Kier molecular flexibility index (Phi) is 9.15. The third-order valence-corrected chi connectivity index (χ3v) is 5.50. The molecule has 10 heteroatoms. The molecule has 1 aliphatic heterocycles. The molecule has 1 saturated heterocycles. The minimum absolute atomic E-state index is 0.331. The molecular formula is C22H32N4O6. The van der Waals surface area contributed by atoms with Gasteiger partial charge in [0.15, 0.2) is 0 Å². The van der Waals surface area contributed by atoms with Crippen LogP contribution in [0.3, 0.4) is 0 Å². The summed E-state index contributed by atoms with van der Waals surface area (Å²) in [5, 5.41) is 23.6. The second-order valence-electron chi connectivity index (χ2n) is 8.30. The fourth-order valence-corrected chi connectivity index (χ4v) is 3.70. The first-order valence-electron chi connectivity index (χ1n) is 10.7. The van der Waals surface area contributed by atoms with Crippen LogP contribution in [0.2, 0.25) is 0 Å². The highest BCUT2D eigenvalue weighted by molar-refractivity contribution is 5.94. The molecular weight excluding hydrogens is 416 g/mol. The molecule has 1 aromatic carbocycles. The van der Waals surface area contributed by atoms with Gasteiger partial charge in [0, 0.05) is 6.54 Å². The summed E-state index contributed by atoms with van der Waals surface area (Å²) in [7, 11) is 0. The number of benzene rings is 1. The number of amides is 3. The van der Waals surface area contributed by atoms with Gasteiger partial charge in [-0.05, 0) is 30.7 Å². The Labute approximate surface area is 187 Å². The van der Waals surface area contributed by atoms with Gasteiger partial charge in [0.25, 0.3) is 0 Å². The van der Waals surface area contributed by atoms with Crippen molar-refractivity contribution in [2.45, 2.75) is 57.3 Å². The number of nitrogens with zero attached hydrogens (tertiary/aromatic N) is 1. The number of nitrogens with two attached hydrogens (primary N) is 1. The zero-order valence-electron chi connectivity index (χ0n) is 18.4. The first kappa shape index (κ1) is 25.3. The van der Waals surface area contributed by atoms with E-state index in [1.54, 1.807) is 13.8 Å². The molecule has 1 aromatic rings. The summed E-state index contributed by atoms with van der Waals surface area (Å²) in [6.45, 7) is 2.92. The standard InChI is InChI=1S/C22H32N4O6/c1-13(2)18(22(31)32)25-19(28)16(12-27)24-20(29)17-9-6-10-26(17)21(30)15(23)11-14-7-4-3-5-8-14/h3-5,7-8,13,15-18,27H,6,9-12,23H2,1-2H3,(H,24,29)(H,25,28)(H,31,32). The van der Waals surface area contributed by atoms with Gasteiger partial charge >= 0.3 is 5.97 Å². The van der Waals surface area contributed by atoms with Crippen LogP contribution in [0.1, 0.15) is 32.3 Å². The molecule has 32 heavy (non-hydrogen) atoms. The Morgan fingerprint density at radius 2 is 1.81 bits per heavy atom. The van der Waals surface area contributed by atoms with E-state index in [9.17, 15) is 29.4 Å². The van der Waals surface area contributed by atoms with Crippen LogP contribution in [0.5, 0.6) is 0 Å². The normalized spacial score (nSPS) is 18.7. The number of aliphatic hydroxyl groups excluding tert-OH is 1. The third kappa shape index (κ3) is 6.51. The molecule has 10 nitrogen and oxygen atoms in total. The number of likely N-dealkylation sites (tertiary alicyclic amines) is 1. The summed E-state index contributed by atoms with van der Waals surface area (Å²) in [6, 6.07) is 5.19. The van der Waals surface area contributed by atoms with Crippen LogP contribution in [0.4, 0.5) is 0 Å². The van der Waals surface area contributed by atoms with Crippen molar-refractivity contribution in [2.24, 2.45) is 11.7 Å². The van der Waals surface area contributed by atoms with Gasteiger partial charge < -0.3 is 31.5 Å². The van der Waals surface area contributed by atoms with Gasteiger partial charge in [-0.3, -0.25) is 14.4 Å². The Balaban J connectivity index is 2.01. The van der Waals surface area contributed by atoms with E-state index in [2.05, 4.69) is 10.6 Å². The average molecular weight is 449 g/mol. The molecule has 1 aliphatic rings. The number of carbonyl (C=O) groups is 4. The van der Waals surface area contributed by atoms with Gasteiger partial charge in [-0.2, -0.15) is 0 Å². The van der Waals surface area contributed by atoms with Crippen LogP contribution in [0, 0.1) is 5.92 Å². The second-order valence-corrected chi connectivity index (χ2v) is 8.30. The maximum atomic E-state index is 12.9. The van der Waals surface area contributed by atoms with E-state index in [1.165, 1.54) is 4.90 Å². The van der Waals surface area contributed by atoms with E-state index in [0.717, 1.165) is 5.56 Å². The summed E-state index contributed by atoms with van der Waals surface area (Å²) in [5.74, 6) is -3.36. The predicted molar refractivity (Wildman–Crippen MR) is 116 cm³/mol. The lowest BCUT2D eigenvalue weighted by atomic mass is 10.0. The first-order chi connectivity index (χ1) is 15.1. The lowest BCUT2D eigenvalue weighted by Crippen LogP contribution is -2.58. The molecule has 4 unspecified atom stereocenters. The van der Waals surface area contributed by atoms with Crippen molar-refractivity contribution in [3.8, 4) is 0 Å². The van der Waals surface area contributed by atoms with Crippen molar-refractivity contribution in [2.75, 3.05) is 13.2 Å². The fraction of sp³-hybridized carbons (Fsp3) is 0.545. The Morgan fingerprint density at radius 3 is 2.38 bits per heavy atom. The number of aliphatic carboxylic acids is 1. The molecule has 1 fully saturated rings. The van der Waals surface area contributed by atoms with E-state index >= 15 is 0 Å². The molecule has 1 heterocycles. The van der Waals surface area contributed by atoms with Crippen molar-refractivity contribution in [1.29, 1.82) is 0 Å². The number of hydrogen-bond acceptors (Lipinski definition) is 6. The molecule has 176 valence electrons. The summed E-state index contributed by atoms with van der Waals surface area (Å²) in [5.41, 5.74) is 7.00. The number of rotatable bonds is 10. The predicted octanol–water partition coefficient (Wildman–Crippen LogP) is -0.750. The summed E-state index contributed by atoms with van der Waals surface area (Å²) < 4.78 is 0. The maximum absolute atomic E-state index is 12.9. The number of carboxylic acids is 1. The Hall–Kier alpha value is -2.98. The van der Waals surface area contributed by atoms with Crippen LogP contribution in [0.25, 0.3) is 0 Å². The zero-order valence-corrected chi connectivity index (χ0v) is 18.4. The minimum Gasteiger partial charge on any atom is -0.480 e. The molecule has 6 N–H and O–H groups in total. The SMILES string of the molecule is CC(C)C(NC(=O)C(CO)NC(=O)C1CCCN1C(=O)C(N)Cc1ccccc1)C(=O)O. The number of hydrogen-bond donors (Lipinski definition) is 5. The van der Waals surface area contributed by atoms with Gasteiger partial charge in [0.05, 0.1) is 12.6 Å². The van der Waals surface area contributed by atoms with Gasteiger partial charge in [0.1, 0.15) is 18.1 Å². The van der Waals surface area contributed by atoms with Crippen molar-refractivity contribution < 1.29 is 29.4 Å². The summed E-state index contributed by atoms with van der Waals surface area (Å²) >= 11 is 0. The van der Waals surface area contributed by atoms with Crippen molar-refractivity contribution in [1.82, 2.24) is 15.5 Å². The highest BCUT2D eigenvalue weighted by Gasteiger charge is 2.38. The molecule has 0 bridgehead atoms. The summed E-state index contributed by atoms with van der Waals surface area (Å²) in [6.07, 6.45) is 1.34. The van der Waals surface area contributed by atoms with Gasteiger partial charge in [0.2, 0.25) is 17.7 Å². The zero-order chi connectivity index (χ0) is 23.8. The van der Waals surface area contributed by atoms with E-state index in [1.807, 2.05) is 30.3 Å². The largest absolute Gasteiger partial charge is 0.480 e. The maximum Gasteiger partial charge on any atom is 0.326 e. The van der Waals surface area contributed by atoms with Crippen LogP contribution < -0.4 is 16.4 Å². The van der Waals surface area contributed by atoms with Gasteiger partial charge in [-0.15, -0.1) is 0 Å². The number of carboxylic acid groups (broad SMARTS) is 1. The molecule has 0 aliphatic carbocycles. The number of aliphatic hydroxyl groups is 1. The van der Waals surface area contributed by atoms with Crippen molar-refractivity contribution in [3.05, 3.63) is 35.9 Å². The molecule has 4 atom stereocenters. The van der Waals surface area contributed by atoms with Crippen molar-refractivity contribution in [3.63, 3.8) is 0 Å². The highest BCUT2D eigenvalue weighted by atomic mass is 16.4. The Morgan fingerprint density at radius 1 is 1.16 bits per heavy atom. The monoisotopic (exact) mass is 448 g/mol. The topological polar surface area (TPSA) is 162 Å². The van der Waals surface area contributed by atoms with Crippen LogP contribution in [-0.2, 0) is 25.6 Å². The van der Waals surface area contributed by atoms with E-state index in [-0.39, 0.29) is 11.8 Å². The number of nitrogens with one attached hydrogen (secondary N) is 2. The van der Waals surface area contributed by atoms with Crippen LogP contribution in [-0.4, -0.2) is 76.1 Å². The fourth-order valence-electron chi connectivity index (χ4n) is 3.70. The average Bonchev–Trinajstić information content (AvgIpc) is 3.25. The van der Waals surface area contributed by atoms with E-state index < -0.39 is 48.6 Å². The lowest BCUT2D eigenvalue weighted by Gasteiger charge is -2.28. The molecule has 0 saturated carbocycles. The van der Waals surface area contributed by atoms with E-state index in [4.69, 9.17) is 5.73 Å². The molecule has 3 amide bonds. The van der Waals surface area contributed by atoms with Crippen LogP contribution in [0.15, 0.2) is 30.3 Å². The Bertz CT molecular complexity index is 816. The van der Waals surface area contributed by atoms with Crippen LogP contribution >= 0.6 is 0 Å². The molecule has 0 aromatic heterocycles.